The Morgan fingerprint density at radius 2 is 1.84 bits per heavy atom. The van der Waals surface area contributed by atoms with Crippen LogP contribution >= 0.6 is 11.3 Å². The standard InChI is InChI=1S/C25H23FN4OS/c1-16-6-8-17(9-7-16)20-14-32-24-22(20)23(27-15-28-24)29-18-10-12-30(13-11-18)25(31)19-4-2-3-5-21(19)26/h2-9,14-15,18H,10-13H2,1H3,(H,27,28,29). The number of nitrogens with zero attached hydrogens (tertiary/aromatic N) is 3. The van der Waals surface area contributed by atoms with E-state index in [1.165, 1.54) is 11.6 Å². The van der Waals surface area contributed by atoms with Gasteiger partial charge >= 0.3 is 0 Å². The van der Waals surface area contributed by atoms with Crippen molar-refractivity contribution in [2.45, 2.75) is 25.8 Å². The number of halogens is 1. The zero-order valence-electron chi connectivity index (χ0n) is 17.7. The van der Waals surface area contributed by atoms with Crippen LogP contribution in [0, 0.1) is 12.7 Å². The molecule has 2 aromatic heterocycles. The van der Waals surface area contributed by atoms with Crippen LogP contribution in [0.1, 0.15) is 28.8 Å². The molecule has 0 radical (unpaired) electrons. The number of aryl methyl sites for hydroxylation is 1. The van der Waals surface area contributed by atoms with E-state index >= 15 is 0 Å². The van der Waals surface area contributed by atoms with Gasteiger partial charge in [0.2, 0.25) is 0 Å². The molecular weight excluding hydrogens is 423 g/mol. The number of aromatic nitrogens is 2. The molecule has 1 fully saturated rings. The minimum absolute atomic E-state index is 0.137. The molecular formula is C25H23FN4OS. The molecule has 0 saturated carbocycles. The quantitative estimate of drug-likeness (QED) is 0.448. The lowest BCUT2D eigenvalue weighted by atomic mass is 10.0. The first-order valence-corrected chi connectivity index (χ1v) is 11.6. The maximum absolute atomic E-state index is 14.0. The Hall–Kier alpha value is -3.32. The number of carbonyl (C=O) groups excluding carboxylic acids is 1. The highest BCUT2D eigenvalue weighted by molar-refractivity contribution is 7.17. The van der Waals surface area contributed by atoms with Gasteiger partial charge in [0.25, 0.3) is 5.91 Å². The van der Waals surface area contributed by atoms with Gasteiger partial charge in [-0.15, -0.1) is 11.3 Å². The van der Waals surface area contributed by atoms with Gasteiger partial charge in [0.05, 0.1) is 10.9 Å². The van der Waals surface area contributed by atoms with E-state index in [0.717, 1.165) is 40.0 Å². The van der Waals surface area contributed by atoms with Crippen molar-refractivity contribution in [3.8, 4) is 11.1 Å². The van der Waals surface area contributed by atoms with Crippen LogP contribution in [0.3, 0.4) is 0 Å². The summed E-state index contributed by atoms with van der Waals surface area (Å²) in [6.45, 7) is 3.23. The van der Waals surface area contributed by atoms with Crippen LogP contribution in [0.4, 0.5) is 10.2 Å². The van der Waals surface area contributed by atoms with E-state index < -0.39 is 5.82 Å². The maximum atomic E-state index is 14.0. The third-order valence-electron chi connectivity index (χ3n) is 5.96. The van der Waals surface area contributed by atoms with Crippen molar-refractivity contribution < 1.29 is 9.18 Å². The number of thiophene rings is 1. The van der Waals surface area contributed by atoms with E-state index in [1.54, 1.807) is 40.8 Å². The fraction of sp³-hybridized carbons (Fsp3) is 0.240. The number of rotatable bonds is 4. The highest BCUT2D eigenvalue weighted by atomic mass is 32.1. The van der Waals surface area contributed by atoms with E-state index in [4.69, 9.17) is 0 Å². The lowest BCUT2D eigenvalue weighted by molar-refractivity contribution is 0.0713. The van der Waals surface area contributed by atoms with Crippen molar-refractivity contribution in [3.63, 3.8) is 0 Å². The number of piperidine rings is 1. The molecule has 1 aliphatic rings. The summed E-state index contributed by atoms with van der Waals surface area (Å²) in [7, 11) is 0. The van der Waals surface area contributed by atoms with Crippen molar-refractivity contribution in [1.29, 1.82) is 0 Å². The molecule has 1 aliphatic heterocycles. The van der Waals surface area contributed by atoms with Crippen LogP contribution in [0.2, 0.25) is 0 Å². The van der Waals surface area contributed by atoms with E-state index in [2.05, 4.69) is 51.9 Å². The fourth-order valence-electron chi connectivity index (χ4n) is 4.16. The topological polar surface area (TPSA) is 58.1 Å². The third kappa shape index (κ3) is 3.96. The zero-order chi connectivity index (χ0) is 22.1. The normalized spacial score (nSPS) is 14.6. The summed E-state index contributed by atoms with van der Waals surface area (Å²) in [6, 6.07) is 14.8. The lowest BCUT2D eigenvalue weighted by Crippen LogP contribution is -2.42. The number of fused-ring (bicyclic) bond motifs is 1. The molecule has 0 atom stereocenters. The summed E-state index contributed by atoms with van der Waals surface area (Å²) < 4.78 is 14.0. The van der Waals surface area contributed by atoms with Gasteiger partial charge in [-0.1, -0.05) is 42.0 Å². The molecule has 3 heterocycles. The summed E-state index contributed by atoms with van der Waals surface area (Å²) in [6.07, 6.45) is 3.14. The highest BCUT2D eigenvalue weighted by Gasteiger charge is 2.26. The van der Waals surface area contributed by atoms with Crippen molar-refractivity contribution in [1.82, 2.24) is 14.9 Å². The van der Waals surface area contributed by atoms with Gasteiger partial charge in [0.15, 0.2) is 0 Å². The molecule has 1 amide bonds. The van der Waals surface area contributed by atoms with Crippen molar-refractivity contribution in [2.24, 2.45) is 0 Å². The van der Waals surface area contributed by atoms with Crippen LogP contribution in [-0.4, -0.2) is 39.9 Å². The van der Waals surface area contributed by atoms with Gasteiger partial charge in [-0.25, -0.2) is 14.4 Å². The van der Waals surface area contributed by atoms with Gasteiger partial charge in [-0.05, 0) is 37.5 Å². The fourth-order valence-corrected chi connectivity index (χ4v) is 5.07. The minimum Gasteiger partial charge on any atom is -0.367 e. The molecule has 0 unspecified atom stereocenters. The van der Waals surface area contributed by atoms with Crippen molar-refractivity contribution in [3.05, 3.63) is 77.2 Å². The number of hydrogen-bond donors (Lipinski definition) is 1. The summed E-state index contributed by atoms with van der Waals surface area (Å²) in [4.78, 5) is 24.4. The first-order valence-electron chi connectivity index (χ1n) is 10.7. The van der Waals surface area contributed by atoms with Gasteiger partial charge in [-0.2, -0.15) is 0 Å². The number of carbonyl (C=O) groups is 1. The van der Waals surface area contributed by atoms with Crippen molar-refractivity contribution in [2.75, 3.05) is 18.4 Å². The monoisotopic (exact) mass is 446 g/mol. The van der Waals surface area contributed by atoms with Crippen molar-refractivity contribution >= 4 is 33.3 Å². The molecule has 0 aliphatic carbocycles. The predicted octanol–water partition coefficient (Wildman–Crippen LogP) is 5.52. The molecule has 5 nitrogen and oxygen atoms in total. The second-order valence-electron chi connectivity index (χ2n) is 8.11. The number of anilines is 1. The lowest BCUT2D eigenvalue weighted by Gasteiger charge is -2.33. The van der Waals surface area contributed by atoms with Crippen LogP contribution in [0.15, 0.2) is 60.2 Å². The smallest absolute Gasteiger partial charge is 0.256 e. The highest BCUT2D eigenvalue weighted by Crippen LogP contribution is 2.37. The Morgan fingerprint density at radius 3 is 2.59 bits per heavy atom. The maximum Gasteiger partial charge on any atom is 0.256 e. The Labute approximate surface area is 189 Å². The first-order chi connectivity index (χ1) is 15.6. The summed E-state index contributed by atoms with van der Waals surface area (Å²) in [5.74, 6) is 0.110. The summed E-state index contributed by atoms with van der Waals surface area (Å²) in [5, 5.41) is 6.75. The number of hydrogen-bond acceptors (Lipinski definition) is 5. The molecule has 1 saturated heterocycles. The molecule has 7 heteroatoms. The van der Waals surface area contributed by atoms with Crippen LogP contribution < -0.4 is 5.32 Å². The average molecular weight is 447 g/mol. The molecule has 32 heavy (non-hydrogen) atoms. The Bertz CT molecular complexity index is 1260. The van der Waals surface area contributed by atoms with Gasteiger partial charge in [-0.3, -0.25) is 4.79 Å². The average Bonchev–Trinajstić information content (AvgIpc) is 3.25. The molecule has 1 N–H and O–H groups in total. The second kappa shape index (κ2) is 8.67. The first kappa shape index (κ1) is 20.6. The summed E-state index contributed by atoms with van der Waals surface area (Å²) in [5.41, 5.74) is 3.63. The zero-order valence-corrected chi connectivity index (χ0v) is 18.5. The predicted molar refractivity (Wildman–Crippen MR) is 127 cm³/mol. The molecule has 5 rings (SSSR count). The molecule has 162 valence electrons. The van der Waals surface area contributed by atoms with E-state index in [9.17, 15) is 9.18 Å². The molecule has 4 aromatic rings. The largest absolute Gasteiger partial charge is 0.367 e. The van der Waals surface area contributed by atoms with E-state index in [1.807, 2.05) is 0 Å². The number of nitrogens with one attached hydrogen (secondary N) is 1. The van der Waals surface area contributed by atoms with E-state index in [-0.39, 0.29) is 17.5 Å². The second-order valence-corrected chi connectivity index (χ2v) is 8.97. The van der Waals surface area contributed by atoms with Crippen LogP contribution in [-0.2, 0) is 0 Å². The Kier molecular flexibility index (Phi) is 5.57. The number of likely N-dealkylation sites (tertiary alicyclic amines) is 1. The van der Waals surface area contributed by atoms with Gasteiger partial charge < -0.3 is 10.2 Å². The van der Waals surface area contributed by atoms with E-state index in [0.29, 0.717) is 13.1 Å². The number of amides is 1. The minimum atomic E-state index is -0.470. The Balaban J connectivity index is 1.33. The van der Waals surface area contributed by atoms with Crippen LogP contribution in [0.5, 0.6) is 0 Å². The third-order valence-corrected chi connectivity index (χ3v) is 6.85. The molecule has 0 bridgehead atoms. The SMILES string of the molecule is Cc1ccc(-c2csc3ncnc(NC4CCN(C(=O)c5ccccc5F)CC4)c23)cc1. The van der Waals surface area contributed by atoms with Crippen LogP contribution in [0.25, 0.3) is 21.3 Å². The van der Waals surface area contributed by atoms with Gasteiger partial charge in [0, 0.05) is 30.1 Å². The molecule has 0 spiro atoms. The molecule has 2 aromatic carbocycles. The Morgan fingerprint density at radius 1 is 1.09 bits per heavy atom. The number of benzene rings is 2. The van der Waals surface area contributed by atoms with Gasteiger partial charge in [0.1, 0.15) is 22.8 Å². The summed E-state index contributed by atoms with van der Waals surface area (Å²) >= 11 is 1.61.